The van der Waals surface area contributed by atoms with E-state index in [4.69, 9.17) is 14.6 Å². The number of aromatic nitrogens is 1. The largest absolute Gasteiger partial charge is 0.495 e. The molecule has 0 saturated carbocycles. The summed E-state index contributed by atoms with van der Waals surface area (Å²) in [6.45, 7) is 7.70. The molecule has 0 atom stereocenters. The van der Waals surface area contributed by atoms with Crippen LogP contribution in [0.25, 0.3) is 10.9 Å². The number of fused-ring (bicyclic) bond motifs is 1. The molecular formula is C17H17BF2N2O2. The maximum absolute atomic E-state index is 13.2. The van der Waals surface area contributed by atoms with Crippen molar-refractivity contribution in [3.63, 3.8) is 0 Å². The first-order chi connectivity index (χ1) is 11.2. The van der Waals surface area contributed by atoms with Crippen LogP contribution in [0.2, 0.25) is 0 Å². The number of pyridine rings is 1. The van der Waals surface area contributed by atoms with Gasteiger partial charge >= 0.3 is 7.12 Å². The maximum atomic E-state index is 13.2. The van der Waals surface area contributed by atoms with E-state index in [2.05, 4.69) is 4.98 Å². The quantitative estimate of drug-likeness (QED) is 0.793. The van der Waals surface area contributed by atoms with Gasteiger partial charge in [0.2, 0.25) is 0 Å². The van der Waals surface area contributed by atoms with Gasteiger partial charge in [-0.1, -0.05) is 12.1 Å². The Balaban J connectivity index is 2.17. The fraction of sp³-hybridized carbons (Fsp3) is 0.412. The highest BCUT2D eigenvalue weighted by Crippen LogP contribution is 2.37. The third kappa shape index (κ3) is 2.56. The number of halogens is 2. The molecule has 1 saturated heterocycles. The van der Waals surface area contributed by atoms with Crippen molar-refractivity contribution in [1.82, 2.24) is 4.98 Å². The van der Waals surface area contributed by atoms with E-state index < -0.39 is 24.7 Å². The van der Waals surface area contributed by atoms with Gasteiger partial charge in [-0.2, -0.15) is 5.26 Å². The van der Waals surface area contributed by atoms with Gasteiger partial charge in [0.25, 0.3) is 6.43 Å². The van der Waals surface area contributed by atoms with Crippen LogP contribution in [0.4, 0.5) is 8.78 Å². The van der Waals surface area contributed by atoms with Crippen LogP contribution in [0.15, 0.2) is 24.3 Å². The molecular weight excluding hydrogens is 313 g/mol. The van der Waals surface area contributed by atoms with E-state index in [1.165, 1.54) is 6.07 Å². The van der Waals surface area contributed by atoms with Crippen LogP contribution < -0.4 is 5.46 Å². The maximum Gasteiger partial charge on any atom is 0.495 e. The number of nitrogens with zero attached hydrogens (tertiary/aromatic N) is 2. The molecule has 0 unspecified atom stereocenters. The topological polar surface area (TPSA) is 55.1 Å². The summed E-state index contributed by atoms with van der Waals surface area (Å²) in [7, 11) is -0.682. The van der Waals surface area contributed by atoms with E-state index in [-0.39, 0.29) is 11.3 Å². The molecule has 0 radical (unpaired) electrons. The molecule has 0 amide bonds. The lowest BCUT2D eigenvalue weighted by Gasteiger charge is -2.32. The van der Waals surface area contributed by atoms with Crippen LogP contribution in [0.3, 0.4) is 0 Å². The monoisotopic (exact) mass is 330 g/mol. The fourth-order valence-corrected chi connectivity index (χ4v) is 2.67. The van der Waals surface area contributed by atoms with Crippen molar-refractivity contribution in [3.8, 4) is 6.07 Å². The number of hydrogen-bond acceptors (Lipinski definition) is 4. The summed E-state index contributed by atoms with van der Waals surface area (Å²) in [5, 5.41) is 9.55. The molecule has 0 aliphatic carbocycles. The average molecular weight is 330 g/mol. The number of nitriles is 1. The first kappa shape index (κ1) is 16.8. The highest BCUT2D eigenvalue weighted by Gasteiger charge is 2.52. The zero-order valence-corrected chi connectivity index (χ0v) is 13.9. The van der Waals surface area contributed by atoms with Gasteiger partial charge in [0, 0.05) is 5.39 Å². The third-order valence-corrected chi connectivity index (χ3v) is 4.77. The molecule has 1 aromatic heterocycles. The van der Waals surface area contributed by atoms with Crippen LogP contribution in [0, 0.1) is 11.3 Å². The van der Waals surface area contributed by atoms with E-state index in [0.717, 1.165) is 0 Å². The first-order valence-electron chi connectivity index (χ1n) is 7.64. The average Bonchev–Trinajstić information content (AvgIpc) is 2.73. The van der Waals surface area contributed by atoms with Crippen molar-refractivity contribution in [2.75, 3.05) is 0 Å². The summed E-state index contributed by atoms with van der Waals surface area (Å²) >= 11 is 0. The second kappa shape index (κ2) is 5.50. The zero-order chi connectivity index (χ0) is 17.7. The molecule has 1 fully saturated rings. The van der Waals surface area contributed by atoms with Gasteiger partial charge in [-0.3, -0.25) is 0 Å². The molecule has 1 aromatic carbocycles. The summed E-state index contributed by atoms with van der Waals surface area (Å²) in [4.78, 5) is 4.07. The van der Waals surface area contributed by atoms with Crippen LogP contribution in [-0.2, 0) is 9.31 Å². The van der Waals surface area contributed by atoms with Crippen molar-refractivity contribution in [1.29, 1.82) is 5.26 Å². The van der Waals surface area contributed by atoms with Crippen molar-refractivity contribution >= 4 is 23.5 Å². The van der Waals surface area contributed by atoms with Gasteiger partial charge in [0.05, 0.1) is 22.3 Å². The summed E-state index contributed by atoms with van der Waals surface area (Å²) in [5.74, 6) is 0. The predicted octanol–water partition coefficient (Wildman–Crippen LogP) is 3.34. The highest BCUT2D eigenvalue weighted by molar-refractivity contribution is 6.65. The van der Waals surface area contributed by atoms with Crippen molar-refractivity contribution in [3.05, 3.63) is 35.5 Å². The first-order valence-corrected chi connectivity index (χ1v) is 7.64. The molecule has 0 spiro atoms. The van der Waals surface area contributed by atoms with E-state index in [0.29, 0.717) is 16.4 Å². The lowest BCUT2D eigenvalue weighted by Crippen LogP contribution is -2.41. The molecule has 4 nitrogen and oxygen atoms in total. The second-order valence-corrected chi connectivity index (χ2v) is 6.84. The summed E-state index contributed by atoms with van der Waals surface area (Å²) in [6.07, 6.45) is -2.78. The zero-order valence-electron chi connectivity index (χ0n) is 13.9. The van der Waals surface area contributed by atoms with Crippen LogP contribution in [0.1, 0.15) is 45.4 Å². The van der Waals surface area contributed by atoms with Gasteiger partial charge in [0.15, 0.2) is 0 Å². The second-order valence-electron chi connectivity index (χ2n) is 6.84. The highest BCUT2D eigenvalue weighted by atomic mass is 19.3. The van der Waals surface area contributed by atoms with Gasteiger partial charge in [0.1, 0.15) is 11.8 Å². The van der Waals surface area contributed by atoms with E-state index >= 15 is 0 Å². The molecule has 0 bridgehead atoms. The minimum absolute atomic E-state index is 0.261. The van der Waals surface area contributed by atoms with Crippen LogP contribution >= 0.6 is 0 Å². The summed E-state index contributed by atoms with van der Waals surface area (Å²) in [5.41, 5.74) is -0.623. The van der Waals surface area contributed by atoms with E-state index in [1.54, 1.807) is 24.3 Å². The Kier molecular flexibility index (Phi) is 3.86. The Bertz CT molecular complexity index is 830. The molecule has 0 N–H and O–H groups in total. The van der Waals surface area contributed by atoms with Crippen molar-refractivity contribution < 1.29 is 18.1 Å². The van der Waals surface area contributed by atoms with Gasteiger partial charge < -0.3 is 9.31 Å². The summed E-state index contributed by atoms with van der Waals surface area (Å²) in [6, 6.07) is 8.24. The minimum Gasteiger partial charge on any atom is -0.399 e. The Morgan fingerprint density at radius 3 is 2.33 bits per heavy atom. The molecule has 124 valence electrons. The Labute approximate surface area is 139 Å². The lowest BCUT2D eigenvalue weighted by molar-refractivity contribution is 0.00578. The smallest absolute Gasteiger partial charge is 0.399 e. The third-order valence-electron chi connectivity index (χ3n) is 4.77. The normalized spacial score (nSPS) is 19.0. The SMILES string of the molecule is CC1(C)OB(c2cccc3nc(C#N)c(C(F)F)cc23)OC1(C)C. The number of hydrogen-bond donors (Lipinski definition) is 0. The molecule has 3 rings (SSSR count). The van der Waals surface area contributed by atoms with Gasteiger partial charge in [-0.25, -0.2) is 13.8 Å². The molecule has 2 aromatic rings. The number of benzene rings is 1. The van der Waals surface area contributed by atoms with Gasteiger partial charge in [-0.15, -0.1) is 0 Å². The predicted molar refractivity (Wildman–Crippen MR) is 87.1 cm³/mol. The Morgan fingerprint density at radius 1 is 1.17 bits per heavy atom. The van der Waals surface area contributed by atoms with E-state index in [1.807, 2.05) is 27.7 Å². The molecule has 1 aliphatic heterocycles. The fourth-order valence-electron chi connectivity index (χ4n) is 2.67. The molecule has 1 aliphatic rings. The Morgan fingerprint density at radius 2 is 1.79 bits per heavy atom. The molecule has 2 heterocycles. The summed E-state index contributed by atoms with van der Waals surface area (Å²) < 4.78 is 38.5. The van der Waals surface area contributed by atoms with Crippen LogP contribution in [-0.4, -0.2) is 23.3 Å². The van der Waals surface area contributed by atoms with Crippen molar-refractivity contribution in [2.24, 2.45) is 0 Å². The number of alkyl halides is 2. The molecule has 7 heteroatoms. The Hall–Kier alpha value is -2.04. The standard InChI is InChI=1S/C17H17BF2N2O2/c1-16(2)17(3,4)24-18(23-16)12-6-5-7-13-10(12)8-11(15(19)20)14(9-21)22-13/h5-8,15H,1-4H3. The van der Waals surface area contributed by atoms with E-state index in [9.17, 15) is 8.78 Å². The lowest BCUT2D eigenvalue weighted by atomic mass is 9.76. The van der Waals surface area contributed by atoms with Crippen LogP contribution in [0.5, 0.6) is 0 Å². The molecule has 24 heavy (non-hydrogen) atoms. The van der Waals surface area contributed by atoms with Gasteiger partial charge in [-0.05, 0) is 45.3 Å². The van der Waals surface area contributed by atoms with Crippen molar-refractivity contribution in [2.45, 2.75) is 45.3 Å². The number of rotatable bonds is 2. The minimum atomic E-state index is -2.78.